The first-order valence-electron chi connectivity index (χ1n) is 10.6. The van der Waals surface area contributed by atoms with Crippen molar-refractivity contribution in [2.75, 3.05) is 6.54 Å². The molecule has 14 N–H and O–H groups in total. The zero-order valence-electron chi connectivity index (χ0n) is 17.7. The molecule has 1 saturated carbocycles. The molecule has 2 aliphatic heterocycles. The van der Waals surface area contributed by atoms with Crippen molar-refractivity contribution in [1.29, 1.82) is 0 Å². The predicted molar refractivity (Wildman–Crippen MR) is 106 cm³/mol. The fraction of sp³-hybridized carbons (Fsp3) is 1.00. The summed E-state index contributed by atoms with van der Waals surface area (Å²) in [6.45, 7) is 1.41. The van der Waals surface area contributed by atoms with Crippen LogP contribution in [-0.2, 0) is 18.9 Å². The van der Waals surface area contributed by atoms with Crippen molar-refractivity contribution in [2.24, 2.45) is 22.9 Å². The van der Waals surface area contributed by atoms with E-state index in [1.165, 1.54) is 0 Å². The monoisotopic (exact) mass is 468 g/mol. The van der Waals surface area contributed by atoms with Crippen molar-refractivity contribution in [3.63, 3.8) is 0 Å². The number of rotatable bonds is 5. The van der Waals surface area contributed by atoms with Gasteiger partial charge in [0.15, 0.2) is 12.6 Å². The van der Waals surface area contributed by atoms with E-state index in [4.69, 9.17) is 41.9 Å². The van der Waals surface area contributed by atoms with Crippen molar-refractivity contribution >= 4 is 0 Å². The molecule has 2 heterocycles. The van der Waals surface area contributed by atoms with Gasteiger partial charge in [0.1, 0.15) is 48.8 Å². The first kappa shape index (κ1) is 26.1. The first-order chi connectivity index (χ1) is 15.0. The van der Waals surface area contributed by atoms with Gasteiger partial charge in [0, 0.05) is 18.6 Å². The fourth-order valence-electron chi connectivity index (χ4n) is 4.35. The zero-order valence-corrected chi connectivity index (χ0v) is 17.7. The molecule has 3 rings (SSSR count). The molecule has 3 fully saturated rings. The van der Waals surface area contributed by atoms with Crippen LogP contribution in [0.3, 0.4) is 0 Å². The summed E-state index contributed by atoms with van der Waals surface area (Å²) in [6.07, 6.45) is -15.2. The van der Waals surface area contributed by atoms with Crippen LogP contribution in [0.25, 0.3) is 0 Å². The minimum Gasteiger partial charge on any atom is -0.389 e. The summed E-state index contributed by atoms with van der Waals surface area (Å²) in [4.78, 5) is 0. The smallest absolute Gasteiger partial charge is 0.187 e. The largest absolute Gasteiger partial charge is 0.389 e. The predicted octanol–water partition coefficient (Wildman–Crippen LogP) is -6.26. The van der Waals surface area contributed by atoms with E-state index in [1.54, 1.807) is 6.92 Å². The minimum atomic E-state index is -1.63. The summed E-state index contributed by atoms with van der Waals surface area (Å²) in [5, 5.41) is 61.4. The van der Waals surface area contributed by atoms with E-state index < -0.39 is 91.7 Å². The van der Waals surface area contributed by atoms with Crippen molar-refractivity contribution in [1.82, 2.24) is 0 Å². The molecule has 0 unspecified atom stereocenters. The Morgan fingerprint density at radius 2 is 1.25 bits per heavy atom. The maximum Gasteiger partial charge on any atom is 0.187 e. The summed E-state index contributed by atoms with van der Waals surface area (Å²) >= 11 is 0. The van der Waals surface area contributed by atoms with Gasteiger partial charge < -0.3 is 72.5 Å². The lowest BCUT2D eigenvalue weighted by Crippen LogP contribution is -2.68. The molecule has 0 amide bonds. The highest BCUT2D eigenvalue weighted by Gasteiger charge is 2.51. The Labute approximate surface area is 185 Å². The van der Waals surface area contributed by atoms with Gasteiger partial charge in [-0.2, -0.15) is 0 Å². The lowest BCUT2D eigenvalue weighted by atomic mass is 9.84. The molecule has 188 valence electrons. The average Bonchev–Trinajstić information content (AvgIpc) is 2.75. The maximum atomic E-state index is 10.9. The van der Waals surface area contributed by atoms with Crippen LogP contribution in [0.5, 0.6) is 0 Å². The second-order valence-corrected chi connectivity index (χ2v) is 8.77. The van der Waals surface area contributed by atoms with Gasteiger partial charge in [-0.1, -0.05) is 0 Å². The van der Waals surface area contributed by atoms with Crippen LogP contribution in [0.2, 0.25) is 0 Å². The maximum absolute atomic E-state index is 10.9. The van der Waals surface area contributed by atoms with Gasteiger partial charge >= 0.3 is 0 Å². The van der Waals surface area contributed by atoms with Gasteiger partial charge in [0.25, 0.3) is 0 Å². The van der Waals surface area contributed by atoms with Crippen molar-refractivity contribution < 1.29 is 49.6 Å². The summed E-state index contributed by atoms with van der Waals surface area (Å²) in [5.74, 6) is 0. The van der Waals surface area contributed by atoms with Gasteiger partial charge in [-0.25, -0.2) is 0 Å². The fourth-order valence-corrected chi connectivity index (χ4v) is 4.35. The second-order valence-electron chi connectivity index (χ2n) is 8.77. The van der Waals surface area contributed by atoms with E-state index in [2.05, 4.69) is 0 Å². The molecule has 14 heteroatoms. The molecule has 0 bridgehead atoms. The van der Waals surface area contributed by atoms with E-state index in [0.29, 0.717) is 0 Å². The molecule has 14 nitrogen and oxygen atoms in total. The van der Waals surface area contributed by atoms with E-state index in [9.17, 15) is 30.6 Å². The third-order valence-electron chi connectivity index (χ3n) is 6.44. The molecule has 0 aromatic rings. The third-order valence-corrected chi connectivity index (χ3v) is 6.44. The van der Waals surface area contributed by atoms with Crippen molar-refractivity contribution in [3.8, 4) is 0 Å². The van der Waals surface area contributed by atoms with Gasteiger partial charge in [0.2, 0.25) is 0 Å². The summed E-state index contributed by atoms with van der Waals surface area (Å²) in [6, 6.07) is -2.60. The number of ether oxygens (including phenoxy) is 4. The molecular formula is C18H36N4O10. The molecule has 3 aliphatic rings. The lowest BCUT2D eigenvalue weighted by molar-refractivity contribution is -0.330. The topological polar surface area (TPSA) is 262 Å². The molecule has 32 heavy (non-hydrogen) atoms. The standard InChI is InChI=1S/C18H36N4O10/c1-4-9(23)8(22)11(25)17(29-4)31-15-5(20)2-6(21)16(14(15)28)32-18-13(27)12(26)10(24)7(3-19)30-18/h4-18,23-28H,2-3,19-22H2,1H3/t4-,5-,6+,7-,8+,9-,10-,11-,12+,13-,14-,15+,16-,17-,18-/m1/s1. The van der Waals surface area contributed by atoms with E-state index in [-0.39, 0.29) is 13.0 Å². The number of hydrogen-bond acceptors (Lipinski definition) is 14. The zero-order chi connectivity index (χ0) is 23.9. The molecule has 15 atom stereocenters. The van der Waals surface area contributed by atoms with Gasteiger partial charge in [-0.3, -0.25) is 0 Å². The Morgan fingerprint density at radius 3 is 1.78 bits per heavy atom. The molecule has 0 aromatic heterocycles. The summed E-state index contributed by atoms with van der Waals surface area (Å²) in [5.41, 5.74) is 23.6. The highest BCUT2D eigenvalue weighted by Crippen LogP contribution is 2.31. The van der Waals surface area contributed by atoms with Crippen LogP contribution in [0.15, 0.2) is 0 Å². The second kappa shape index (κ2) is 10.4. The quantitative estimate of drug-likeness (QED) is 0.180. The highest BCUT2D eigenvalue weighted by molar-refractivity contribution is 5.01. The molecule has 0 spiro atoms. The molecular weight excluding hydrogens is 432 g/mol. The van der Waals surface area contributed by atoms with Gasteiger partial charge in [-0.15, -0.1) is 0 Å². The lowest BCUT2D eigenvalue weighted by Gasteiger charge is -2.48. The van der Waals surface area contributed by atoms with E-state index >= 15 is 0 Å². The van der Waals surface area contributed by atoms with Crippen LogP contribution >= 0.6 is 0 Å². The Kier molecular flexibility index (Phi) is 8.44. The van der Waals surface area contributed by atoms with Crippen LogP contribution in [0, 0.1) is 0 Å². The average molecular weight is 469 g/mol. The van der Waals surface area contributed by atoms with Crippen molar-refractivity contribution in [2.45, 2.75) is 105 Å². The number of aliphatic hydroxyl groups excluding tert-OH is 6. The molecule has 0 aromatic carbocycles. The highest BCUT2D eigenvalue weighted by atomic mass is 16.7. The van der Waals surface area contributed by atoms with E-state index in [1.807, 2.05) is 0 Å². The number of hydrogen-bond donors (Lipinski definition) is 10. The first-order valence-corrected chi connectivity index (χ1v) is 10.6. The minimum absolute atomic E-state index is 0.133. The Balaban J connectivity index is 1.71. The molecule has 0 radical (unpaired) electrons. The molecule has 1 aliphatic carbocycles. The third kappa shape index (κ3) is 4.94. The van der Waals surface area contributed by atoms with Crippen LogP contribution < -0.4 is 22.9 Å². The van der Waals surface area contributed by atoms with Gasteiger partial charge in [0.05, 0.1) is 18.2 Å². The number of aliphatic hydroxyl groups is 6. The van der Waals surface area contributed by atoms with Crippen LogP contribution in [-0.4, -0.2) is 129 Å². The van der Waals surface area contributed by atoms with E-state index in [0.717, 1.165) is 0 Å². The Bertz CT molecular complexity index is 620. The van der Waals surface area contributed by atoms with Crippen LogP contribution in [0.1, 0.15) is 13.3 Å². The molecule has 2 saturated heterocycles. The van der Waals surface area contributed by atoms with Crippen molar-refractivity contribution in [3.05, 3.63) is 0 Å². The summed E-state index contributed by atoms with van der Waals surface area (Å²) in [7, 11) is 0. The SMILES string of the molecule is C[C@H]1O[C@H](O[C@@H]2[C@@H](O)[C@H](O[C@H]3O[C@H](CN)[C@@H](O)[C@H](O)[C@H]3O)[C@@H](N)C[C@H]2N)[C@H](O)[C@@H](N)[C@@H]1O. The van der Waals surface area contributed by atoms with Gasteiger partial charge in [-0.05, 0) is 13.3 Å². The summed E-state index contributed by atoms with van der Waals surface area (Å²) < 4.78 is 22.4. The van der Waals surface area contributed by atoms with Crippen LogP contribution in [0.4, 0.5) is 0 Å². The number of nitrogens with two attached hydrogens (primary N) is 4. The Morgan fingerprint density at radius 1 is 0.719 bits per heavy atom. The normalized spacial score (nSPS) is 55.0. The Hall–Kier alpha value is -0.560.